The van der Waals surface area contributed by atoms with Crippen molar-refractivity contribution in [3.8, 4) is 0 Å². The van der Waals surface area contributed by atoms with Crippen LogP contribution in [0.5, 0.6) is 0 Å². The van der Waals surface area contributed by atoms with Crippen molar-refractivity contribution in [3.63, 3.8) is 0 Å². The molecule has 0 spiro atoms. The minimum Gasteiger partial charge on any atom is -0.481 e. The molecule has 0 saturated heterocycles. The molecule has 11 nitrogen and oxygen atoms in total. The van der Waals surface area contributed by atoms with Gasteiger partial charge in [-0.25, -0.2) is 0 Å². The highest BCUT2D eigenvalue weighted by atomic mass is 16.5. The van der Waals surface area contributed by atoms with Crippen LogP contribution in [-0.2, 0) is 28.7 Å². The molecule has 5 saturated carbocycles. The van der Waals surface area contributed by atoms with Crippen molar-refractivity contribution >= 4 is 29.8 Å². The van der Waals surface area contributed by atoms with E-state index in [1.54, 1.807) is 0 Å². The normalized spacial score (nSPS) is 43.6. The molecule has 5 aliphatic carbocycles. The summed E-state index contributed by atoms with van der Waals surface area (Å²) in [6, 6.07) is -1.01. The van der Waals surface area contributed by atoms with E-state index >= 15 is 0 Å². The molecule has 1 amide bonds. The molecule has 5 fully saturated rings. The summed E-state index contributed by atoms with van der Waals surface area (Å²) < 4.78 is 6.08. The number of fused-ring (bicyclic) bond motifs is 7. The third-order valence-electron chi connectivity index (χ3n) is 16.1. The molecule has 5 aliphatic rings. The summed E-state index contributed by atoms with van der Waals surface area (Å²) in [5.41, 5.74) is 3.12. The van der Waals surface area contributed by atoms with Gasteiger partial charge in [0.15, 0.2) is 0 Å². The lowest BCUT2D eigenvalue weighted by atomic mass is 9.31. The molecule has 0 radical (unpaired) electrons. The SMILES string of the molecule is C=C(C)C1CC[C@]2(C(=O)NC(C)C(=O)O)CC[C@]3(C)C(CC[C@]4(N)[C@@]5(C)[C@@H](C(=O)O)[C@H](OC(=O)CC(C)(C)C(=O)O)C(C)(C)[C@@H]5CC[C@]43C)C12. The van der Waals surface area contributed by atoms with E-state index in [-0.39, 0.29) is 41.4 Å². The first-order valence-electron chi connectivity index (χ1n) is 18.4. The van der Waals surface area contributed by atoms with Crippen molar-refractivity contribution in [2.75, 3.05) is 0 Å². The molecule has 6 N–H and O–H groups in total. The van der Waals surface area contributed by atoms with E-state index in [0.29, 0.717) is 38.5 Å². The Bertz CT molecular complexity index is 1510. The predicted molar refractivity (Wildman–Crippen MR) is 185 cm³/mol. The number of carboxylic acids is 3. The summed E-state index contributed by atoms with van der Waals surface area (Å²) >= 11 is 0. The molecule has 0 bridgehead atoms. The first-order chi connectivity index (χ1) is 22.8. The van der Waals surface area contributed by atoms with Crippen LogP contribution in [0.2, 0.25) is 0 Å². The summed E-state index contributed by atoms with van der Waals surface area (Å²) in [6.07, 6.45) is 3.92. The topological polar surface area (TPSA) is 193 Å². The maximum absolute atomic E-state index is 14.2. The van der Waals surface area contributed by atoms with Gasteiger partial charge in [-0.05, 0) is 114 Å². The van der Waals surface area contributed by atoms with Gasteiger partial charge < -0.3 is 31.1 Å². The monoisotopic (exact) mass is 700 g/mol. The van der Waals surface area contributed by atoms with Crippen molar-refractivity contribution in [3.05, 3.63) is 12.2 Å². The summed E-state index contributed by atoms with van der Waals surface area (Å²) in [5.74, 6) is -5.46. The molecule has 0 aromatic carbocycles. The van der Waals surface area contributed by atoms with Crippen molar-refractivity contribution in [2.24, 2.45) is 67.8 Å². The second-order valence-electron chi connectivity index (χ2n) is 18.9. The van der Waals surface area contributed by atoms with Crippen LogP contribution in [-0.4, -0.2) is 62.8 Å². The van der Waals surface area contributed by atoms with E-state index in [4.69, 9.17) is 10.5 Å². The number of aliphatic carboxylic acids is 3. The standard InChI is InChI=1S/C39H60N2O9/c1-20(2)22-11-15-38(31(47)41-21(3)29(43)44)18-17-35(8)23(26(22)38)12-16-39(40)36(35,9)14-13-24-34(6,7)28(27(30(45)46)37(24,39)10)50-25(42)19-33(4,5)32(48)49/h21-24,26-28H,1,11-19,40H2,2-10H3,(H,41,47)(H,43,44)(H,45,46)(H,48,49)/t21?,22?,23?,24-,26?,27+,28-,35+,36-,37+,38-,39+/m0/s1. The van der Waals surface area contributed by atoms with Crippen LogP contribution in [0.4, 0.5) is 0 Å². The number of allylic oxidation sites excluding steroid dienone is 1. The van der Waals surface area contributed by atoms with Crippen molar-refractivity contribution in [1.29, 1.82) is 0 Å². The molecule has 4 unspecified atom stereocenters. The van der Waals surface area contributed by atoms with Gasteiger partial charge in [0, 0.05) is 16.4 Å². The molecular weight excluding hydrogens is 640 g/mol. The Morgan fingerprint density at radius 1 is 0.940 bits per heavy atom. The van der Waals surface area contributed by atoms with Crippen molar-refractivity contribution < 1.29 is 44.0 Å². The first kappa shape index (κ1) is 38.3. The Balaban J connectivity index is 1.58. The zero-order chi connectivity index (χ0) is 37.8. The number of nitrogens with two attached hydrogens (primary N) is 1. The summed E-state index contributed by atoms with van der Waals surface area (Å²) in [6.45, 7) is 21.2. The first-order valence-corrected chi connectivity index (χ1v) is 18.4. The molecule has 50 heavy (non-hydrogen) atoms. The Kier molecular flexibility index (Phi) is 9.02. The highest BCUT2D eigenvalue weighted by Crippen LogP contribution is 2.80. The predicted octanol–water partition coefficient (Wildman–Crippen LogP) is 5.65. The minimum absolute atomic E-state index is 0.0618. The fraction of sp³-hybridized carbons (Fsp3) is 0.821. The van der Waals surface area contributed by atoms with E-state index in [2.05, 4.69) is 25.7 Å². The second kappa shape index (κ2) is 11.8. The van der Waals surface area contributed by atoms with Gasteiger partial charge in [0.1, 0.15) is 18.1 Å². The van der Waals surface area contributed by atoms with Crippen molar-refractivity contribution in [2.45, 2.75) is 138 Å². The number of hydrogen-bond donors (Lipinski definition) is 5. The van der Waals surface area contributed by atoms with Gasteiger partial charge in [-0.2, -0.15) is 0 Å². The smallest absolute Gasteiger partial charge is 0.325 e. The van der Waals surface area contributed by atoms with Crippen molar-refractivity contribution in [1.82, 2.24) is 5.32 Å². The lowest BCUT2D eigenvalue weighted by Gasteiger charge is -2.74. The summed E-state index contributed by atoms with van der Waals surface area (Å²) in [5, 5.41) is 33.1. The number of carbonyl (C=O) groups is 5. The average Bonchev–Trinajstić information content (AvgIpc) is 3.46. The number of hydrogen-bond acceptors (Lipinski definition) is 7. The Hall–Kier alpha value is -2.95. The van der Waals surface area contributed by atoms with Crippen LogP contribution in [0.25, 0.3) is 0 Å². The molecular formula is C39H60N2O9. The fourth-order valence-electron chi connectivity index (χ4n) is 13.1. The number of carbonyl (C=O) groups excluding carboxylic acids is 2. The van der Waals surface area contributed by atoms with Crippen LogP contribution < -0.4 is 11.1 Å². The minimum atomic E-state index is -1.38. The average molecular weight is 701 g/mol. The lowest BCUT2D eigenvalue weighted by molar-refractivity contribution is -0.236. The zero-order valence-corrected chi connectivity index (χ0v) is 31.5. The number of rotatable bonds is 9. The molecule has 11 heteroatoms. The Labute approximate surface area is 296 Å². The highest BCUT2D eigenvalue weighted by Gasteiger charge is 2.81. The largest absolute Gasteiger partial charge is 0.481 e. The van der Waals surface area contributed by atoms with E-state index in [1.807, 2.05) is 27.7 Å². The number of amides is 1. The third-order valence-corrected chi connectivity index (χ3v) is 16.1. The Morgan fingerprint density at radius 3 is 2.10 bits per heavy atom. The second-order valence-corrected chi connectivity index (χ2v) is 18.9. The Morgan fingerprint density at radius 2 is 1.56 bits per heavy atom. The van der Waals surface area contributed by atoms with Gasteiger partial charge in [0.05, 0.1) is 17.3 Å². The van der Waals surface area contributed by atoms with E-state index in [1.165, 1.54) is 20.8 Å². The van der Waals surface area contributed by atoms with Crippen LogP contribution in [0, 0.1) is 62.1 Å². The molecule has 0 heterocycles. The molecule has 5 rings (SSSR count). The quantitative estimate of drug-likeness (QED) is 0.148. The van der Waals surface area contributed by atoms with Crippen LogP contribution in [0.3, 0.4) is 0 Å². The molecule has 280 valence electrons. The number of esters is 1. The maximum atomic E-state index is 14.2. The lowest BCUT2D eigenvalue weighted by Crippen LogP contribution is -2.78. The molecule has 0 aromatic rings. The summed E-state index contributed by atoms with van der Waals surface area (Å²) in [7, 11) is 0. The van der Waals surface area contributed by atoms with Crippen LogP contribution in [0.15, 0.2) is 12.2 Å². The van der Waals surface area contributed by atoms with E-state index in [9.17, 15) is 39.3 Å². The highest BCUT2D eigenvalue weighted by molar-refractivity contribution is 5.88. The molecule has 0 aromatic heterocycles. The van der Waals surface area contributed by atoms with Gasteiger partial charge in [0.25, 0.3) is 0 Å². The maximum Gasteiger partial charge on any atom is 0.325 e. The van der Waals surface area contributed by atoms with Crippen LogP contribution >= 0.6 is 0 Å². The summed E-state index contributed by atoms with van der Waals surface area (Å²) in [4.78, 5) is 64.6. The number of carboxylic acid groups (broad SMARTS) is 3. The van der Waals surface area contributed by atoms with Crippen LogP contribution in [0.1, 0.15) is 120 Å². The van der Waals surface area contributed by atoms with E-state index in [0.717, 1.165) is 18.4 Å². The van der Waals surface area contributed by atoms with Gasteiger partial charge in [-0.1, -0.05) is 46.8 Å². The molecule has 12 atom stereocenters. The molecule has 0 aliphatic heterocycles. The van der Waals surface area contributed by atoms with Gasteiger partial charge >= 0.3 is 23.9 Å². The fourth-order valence-corrected chi connectivity index (χ4v) is 13.1. The number of nitrogens with one attached hydrogen (secondary N) is 1. The zero-order valence-electron chi connectivity index (χ0n) is 31.5. The van der Waals surface area contributed by atoms with E-state index < -0.39 is 74.6 Å². The third kappa shape index (κ3) is 4.86. The van der Waals surface area contributed by atoms with Gasteiger partial charge in [0.2, 0.25) is 5.91 Å². The van der Waals surface area contributed by atoms with Gasteiger partial charge in [-0.3, -0.25) is 24.0 Å². The number of ether oxygens (including phenoxy) is 1. The van der Waals surface area contributed by atoms with Gasteiger partial charge in [-0.15, -0.1) is 0 Å².